The third kappa shape index (κ3) is 1.23. The number of cyclic esters (lactones) is 1. The molecule has 2 aromatic rings. The standard InChI is InChI=1S/C12H9BrO3/c1-2-8-7-4-3-6-5-9(13)16-11(6)10(7)12(14)15-8/h3-5,8H,2H2,1H3/t8-/m1/s1. The summed E-state index contributed by atoms with van der Waals surface area (Å²) in [6.45, 7) is 2.00. The van der Waals surface area contributed by atoms with Gasteiger partial charge in [0, 0.05) is 10.9 Å². The van der Waals surface area contributed by atoms with Gasteiger partial charge in [-0.2, -0.15) is 0 Å². The maximum Gasteiger partial charge on any atom is 0.343 e. The lowest BCUT2D eigenvalue weighted by molar-refractivity contribution is 0.0379. The number of esters is 1. The van der Waals surface area contributed by atoms with Gasteiger partial charge in [0.05, 0.1) is 0 Å². The van der Waals surface area contributed by atoms with E-state index in [-0.39, 0.29) is 12.1 Å². The second-order valence-electron chi connectivity index (χ2n) is 3.80. The fourth-order valence-corrected chi connectivity index (χ4v) is 2.53. The molecule has 0 N–H and O–H groups in total. The number of hydrogen-bond donors (Lipinski definition) is 0. The van der Waals surface area contributed by atoms with Gasteiger partial charge in [-0.3, -0.25) is 0 Å². The number of fused-ring (bicyclic) bond motifs is 3. The van der Waals surface area contributed by atoms with Gasteiger partial charge >= 0.3 is 5.97 Å². The highest BCUT2D eigenvalue weighted by Crippen LogP contribution is 2.38. The summed E-state index contributed by atoms with van der Waals surface area (Å²) < 4.78 is 11.4. The quantitative estimate of drug-likeness (QED) is 0.746. The fourth-order valence-electron chi connectivity index (χ4n) is 2.12. The van der Waals surface area contributed by atoms with E-state index in [1.165, 1.54) is 0 Å². The first-order valence-electron chi connectivity index (χ1n) is 5.13. The lowest BCUT2D eigenvalue weighted by atomic mass is 10.0. The van der Waals surface area contributed by atoms with Crippen molar-refractivity contribution >= 4 is 32.9 Å². The summed E-state index contributed by atoms with van der Waals surface area (Å²) in [5, 5.41) is 0.916. The van der Waals surface area contributed by atoms with Crippen LogP contribution in [0.1, 0.15) is 35.4 Å². The van der Waals surface area contributed by atoms with Crippen molar-refractivity contribution in [2.24, 2.45) is 0 Å². The minimum absolute atomic E-state index is 0.129. The van der Waals surface area contributed by atoms with Gasteiger partial charge in [0.25, 0.3) is 0 Å². The van der Waals surface area contributed by atoms with E-state index in [0.717, 1.165) is 17.4 Å². The summed E-state index contributed by atoms with van der Waals surface area (Å²) in [6, 6.07) is 5.74. The van der Waals surface area contributed by atoms with E-state index in [2.05, 4.69) is 15.9 Å². The number of furan rings is 1. The lowest BCUT2D eigenvalue weighted by Crippen LogP contribution is -1.96. The van der Waals surface area contributed by atoms with Gasteiger partial charge in [-0.1, -0.05) is 19.1 Å². The summed E-state index contributed by atoms with van der Waals surface area (Å²) in [5.74, 6) is -0.283. The molecule has 3 rings (SSSR count). The normalized spacial score (nSPS) is 18.9. The molecule has 0 aliphatic carbocycles. The molecule has 0 spiro atoms. The van der Waals surface area contributed by atoms with Crippen LogP contribution in [0.2, 0.25) is 0 Å². The Morgan fingerprint density at radius 2 is 2.25 bits per heavy atom. The van der Waals surface area contributed by atoms with Crippen molar-refractivity contribution in [1.82, 2.24) is 0 Å². The first kappa shape index (κ1) is 9.90. The summed E-state index contributed by atoms with van der Waals surface area (Å²) in [4.78, 5) is 11.8. The van der Waals surface area contributed by atoms with Gasteiger partial charge in [-0.05, 0) is 28.4 Å². The van der Waals surface area contributed by atoms with E-state index in [0.29, 0.717) is 15.8 Å². The predicted octanol–water partition coefficient (Wildman–Crippen LogP) is 3.82. The van der Waals surface area contributed by atoms with Gasteiger partial charge in [0.2, 0.25) is 0 Å². The van der Waals surface area contributed by atoms with Crippen LogP contribution >= 0.6 is 15.9 Å². The molecule has 1 aromatic carbocycles. The Bertz CT molecular complexity index is 585. The lowest BCUT2D eigenvalue weighted by Gasteiger charge is -2.05. The Kier molecular flexibility index (Phi) is 2.07. The Balaban J connectivity index is 2.34. The molecule has 1 aliphatic rings. The molecule has 1 aliphatic heterocycles. The molecule has 16 heavy (non-hydrogen) atoms. The van der Waals surface area contributed by atoms with Crippen LogP contribution in [0.4, 0.5) is 0 Å². The predicted molar refractivity (Wildman–Crippen MR) is 62.4 cm³/mol. The molecular formula is C12H9BrO3. The number of ether oxygens (including phenoxy) is 1. The van der Waals surface area contributed by atoms with Gasteiger partial charge < -0.3 is 9.15 Å². The Morgan fingerprint density at radius 1 is 1.44 bits per heavy atom. The molecule has 0 saturated heterocycles. The topological polar surface area (TPSA) is 39.4 Å². The Hall–Kier alpha value is -1.29. The highest BCUT2D eigenvalue weighted by molar-refractivity contribution is 9.10. The summed E-state index contributed by atoms with van der Waals surface area (Å²) in [7, 11) is 0. The van der Waals surface area contributed by atoms with E-state index >= 15 is 0 Å². The average molecular weight is 281 g/mol. The van der Waals surface area contributed by atoms with Crippen LogP contribution in [-0.2, 0) is 4.74 Å². The molecule has 0 unspecified atom stereocenters. The van der Waals surface area contributed by atoms with E-state index in [9.17, 15) is 4.79 Å². The van der Waals surface area contributed by atoms with Crippen LogP contribution in [-0.4, -0.2) is 5.97 Å². The summed E-state index contributed by atoms with van der Waals surface area (Å²) in [6.07, 6.45) is 0.655. The molecule has 3 nitrogen and oxygen atoms in total. The third-order valence-electron chi connectivity index (χ3n) is 2.86. The zero-order valence-corrected chi connectivity index (χ0v) is 10.2. The van der Waals surface area contributed by atoms with E-state index in [1.807, 2.05) is 25.1 Å². The highest BCUT2D eigenvalue weighted by Gasteiger charge is 2.33. The Morgan fingerprint density at radius 3 is 3.00 bits per heavy atom. The molecule has 2 heterocycles. The molecule has 82 valence electrons. The van der Waals surface area contributed by atoms with Gasteiger partial charge in [0.15, 0.2) is 10.3 Å². The second kappa shape index (κ2) is 3.35. The van der Waals surface area contributed by atoms with Crippen LogP contribution in [0, 0.1) is 0 Å². The van der Waals surface area contributed by atoms with Crippen molar-refractivity contribution in [3.8, 4) is 0 Å². The van der Waals surface area contributed by atoms with Crippen LogP contribution < -0.4 is 0 Å². The molecule has 0 fully saturated rings. The molecule has 0 saturated carbocycles. The van der Waals surface area contributed by atoms with Gasteiger partial charge in [0.1, 0.15) is 11.7 Å². The van der Waals surface area contributed by atoms with Gasteiger partial charge in [-0.25, -0.2) is 4.79 Å². The van der Waals surface area contributed by atoms with Crippen molar-refractivity contribution < 1.29 is 13.9 Å². The first-order valence-corrected chi connectivity index (χ1v) is 5.93. The number of hydrogen-bond acceptors (Lipinski definition) is 3. The van der Waals surface area contributed by atoms with Crippen molar-refractivity contribution in [1.29, 1.82) is 0 Å². The van der Waals surface area contributed by atoms with E-state index in [4.69, 9.17) is 9.15 Å². The molecule has 4 heteroatoms. The fraction of sp³-hybridized carbons (Fsp3) is 0.250. The highest BCUT2D eigenvalue weighted by atomic mass is 79.9. The van der Waals surface area contributed by atoms with E-state index in [1.54, 1.807) is 0 Å². The van der Waals surface area contributed by atoms with E-state index < -0.39 is 0 Å². The Labute approximate surface area is 101 Å². The number of carbonyl (C=O) groups is 1. The number of carbonyl (C=O) groups excluding carboxylic acids is 1. The number of benzene rings is 1. The SMILES string of the molecule is CC[C@H]1OC(=O)c2c1ccc1cc(Br)oc21. The second-order valence-corrected chi connectivity index (χ2v) is 4.58. The molecule has 1 atom stereocenters. The van der Waals surface area contributed by atoms with Crippen LogP contribution in [0.15, 0.2) is 27.3 Å². The summed E-state index contributed by atoms with van der Waals surface area (Å²) >= 11 is 3.27. The number of rotatable bonds is 1. The molecule has 0 bridgehead atoms. The summed E-state index contributed by atoms with van der Waals surface area (Å²) in [5.41, 5.74) is 2.13. The molecule has 0 amide bonds. The van der Waals surface area contributed by atoms with Crippen molar-refractivity contribution in [2.75, 3.05) is 0 Å². The zero-order valence-electron chi connectivity index (χ0n) is 8.62. The number of halogens is 1. The van der Waals surface area contributed by atoms with Crippen LogP contribution in [0.5, 0.6) is 0 Å². The maximum absolute atomic E-state index is 11.8. The molecule has 1 aromatic heterocycles. The minimum atomic E-state index is -0.283. The smallest absolute Gasteiger partial charge is 0.343 e. The van der Waals surface area contributed by atoms with Crippen molar-refractivity contribution in [2.45, 2.75) is 19.4 Å². The largest absolute Gasteiger partial charge is 0.454 e. The minimum Gasteiger partial charge on any atom is -0.454 e. The van der Waals surface area contributed by atoms with Crippen LogP contribution in [0.3, 0.4) is 0 Å². The van der Waals surface area contributed by atoms with Crippen molar-refractivity contribution in [3.05, 3.63) is 34.0 Å². The molecule has 0 radical (unpaired) electrons. The average Bonchev–Trinajstić information content (AvgIpc) is 2.77. The maximum atomic E-state index is 11.8. The van der Waals surface area contributed by atoms with Gasteiger partial charge in [-0.15, -0.1) is 0 Å². The first-order chi connectivity index (χ1) is 7.70. The molecular weight excluding hydrogens is 272 g/mol. The van der Waals surface area contributed by atoms with Crippen molar-refractivity contribution in [3.63, 3.8) is 0 Å². The zero-order chi connectivity index (χ0) is 11.3. The van der Waals surface area contributed by atoms with Crippen LogP contribution in [0.25, 0.3) is 11.0 Å². The monoisotopic (exact) mass is 280 g/mol. The third-order valence-corrected chi connectivity index (χ3v) is 3.25.